The molecule has 0 spiro atoms. The quantitative estimate of drug-likeness (QED) is 0.270. The van der Waals surface area contributed by atoms with E-state index in [1.807, 2.05) is 44.2 Å². The third-order valence-corrected chi connectivity index (χ3v) is 6.42. The molecule has 5 nitrogen and oxygen atoms in total. The van der Waals surface area contributed by atoms with Gasteiger partial charge in [0.2, 0.25) is 5.91 Å². The zero-order valence-corrected chi connectivity index (χ0v) is 21.3. The molecule has 3 aromatic carbocycles. The van der Waals surface area contributed by atoms with Crippen molar-refractivity contribution < 1.29 is 9.18 Å². The molecule has 0 fully saturated rings. The molecule has 36 heavy (non-hydrogen) atoms. The van der Waals surface area contributed by atoms with Gasteiger partial charge in [0.05, 0.1) is 5.52 Å². The number of halogens is 2. The maximum Gasteiger partial charge on any atom is 0.221 e. The molecule has 0 saturated heterocycles. The second-order valence-electron chi connectivity index (χ2n) is 8.89. The number of nitrogens with zero attached hydrogens (tertiary/aromatic N) is 3. The van der Waals surface area contributed by atoms with Gasteiger partial charge < -0.3 is 10.2 Å². The lowest BCUT2D eigenvalue weighted by atomic mass is 10.1. The Kier molecular flexibility index (Phi) is 8.49. The van der Waals surface area contributed by atoms with Crippen molar-refractivity contribution in [3.8, 4) is 11.4 Å². The van der Waals surface area contributed by atoms with E-state index in [4.69, 9.17) is 21.6 Å². The Bertz CT molecular complexity index is 1310. The van der Waals surface area contributed by atoms with E-state index in [2.05, 4.69) is 22.3 Å². The molecule has 1 amide bonds. The standard InChI is InChI=1S/C29H30ClFN4O/c1-3-20(2)32-27(36)16-18-35(17-15-21-7-5-4-6-8-21)29-25-14-11-23(30)19-26(25)33-28(34-29)22-9-12-24(31)13-10-22/h4-14,19-20H,3,15-18H2,1-2H3,(H,32,36)/t20-/m1/s1. The molecule has 186 valence electrons. The third-order valence-electron chi connectivity index (χ3n) is 6.18. The van der Waals surface area contributed by atoms with Crippen LogP contribution in [0.5, 0.6) is 0 Å². The van der Waals surface area contributed by atoms with Crippen LogP contribution in [0.25, 0.3) is 22.3 Å². The van der Waals surface area contributed by atoms with Crippen molar-refractivity contribution in [3.05, 3.63) is 89.2 Å². The molecule has 0 unspecified atom stereocenters. The van der Waals surface area contributed by atoms with Crippen molar-refractivity contribution in [3.63, 3.8) is 0 Å². The van der Waals surface area contributed by atoms with Crippen LogP contribution in [-0.2, 0) is 11.2 Å². The van der Waals surface area contributed by atoms with Gasteiger partial charge in [-0.05, 0) is 67.8 Å². The van der Waals surface area contributed by atoms with Gasteiger partial charge in [-0.25, -0.2) is 14.4 Å². The minimum atomic E-state index is -0.320. The van der Waals surface area contributed by atoms with Gasteiger partial charge in [0, 0.05) is 41.5 Å². The summed E-state index contributed by atoms with van der Waals surface area (Å²) in [5.74, 6) is 0.894. The predicted octanol–water partition coefficient (Wildman–Crippen LogP) is 6.44. The average Bonchev–Trinajstić information content (AvgIpc) is 2.89. The maximum absolute atomic E-state index is 13.6. The molecule has 7 heteroatoms. The number of fused-ring (bicyclic) bond motifs is 1. The first-order valence-corrected chi connectivity index (χ1v) is 12.6. The first kappa shape index (κ1) is 25.6. The topological polar surface area (TPSA) is 58.1 Å². The number of amides is 1. The third kappa shape index (κ3) is 6.58. The molecule has 0 saturated carbocycles. The molecule has 1 aromatic heterocycles. The smallest absolute Gasteiger partial charge is 0.221 e. The van der Waals surface area contributed by atoms with Crippen LogP contribution >= 0.6 is 11.6 Å². The molecule has 4 rings (SSSR count). The van der Waals surface area contributed by atoms with Gasteiger partial charge in [-0.15, -0.1) is 0 Å². The van der Waals surface area contributed by atoms with E-state index in [1.54, 1.807) is 18.2 Å². The number of benzene rings is 3. The monoisotopic (exact) mass is 504 g/mol. The number of anilines is 1. The lowest BCUT2D eigenvalue weighted by Gasteiger charge is -2.26. The Labute approximate surface area is 216 Å². The van der Waals surface area contributed by atoms with E-state index < -0.39 is 0 Å². The van der Waals surface area contributed by atoms with Gasteiger partial charge in [0.1, 0.15) is 11.6 Å². The van der Waals surface area contributed by atoms with Crippen LogP contribution < -0.4 is 10.2 Å². The SMILES string of the molecule is CC[C@@H](C)NC(=O)CCN(CCc1ccccc1)c1nc(-c2ccc(F)cc2)nc2cc(Cl)ccc12. The molecule has 0 radical (unpaired) electrons. The van der Waals surface area contributed by atoms with E-state index in [0.717, 1.165) is 24.0 Å². The lowest BCUT2D eigenvalue weighted by molar-refractivity contribution is -0.121. The summed E-state index contributed by atoms with van der Waals surface area (Å²) in [6, 6.07) is 22.0. The van der Waals surface area contributed by atoms with Crippen molar-refractivity contribution in [2.75, 3.05) is 18.0 Å². The molecular formula is C29H30ClFN4O. The second-order valence-corrected chi connectivity index (χ2v) is 9.33. The van der Waals surface area contributed by atoms with Crippen molar-refractivity contribution in [2.24, 2.45) is 0 Å². The molecule has 0 aliphatic heterocycles. The van der Waals surface area contributed by atoms with Gasteiger partial charge in [-0.2, -0.15) is 0 Å². The molecule has 4 aromatic rings. The molecule has 1 N–H and O–H groups in total. The highest BCUT2D eigenvalue weighted by Gasteiger charge is 2.18. The summed E-state index contributed by atoms with van der Waals surface area (Å²) in [6.07, 6.45) is 2.00. The Morgan fingerprint density at radius 2 is 1.78 bits per heavy atom. The number of rotatable bonds is 10. The van der Waals surface area contributed by atoms with Gasteiger partial charge in [0.15, 0.2) is 5.82 Å². The Hall–Kier alpha value is -3.51. The minimum absolute atomic E-state index is 0.00854. The van der Waals surface area contributed by atoms with Crippen molar-refractivity contribution in [1.82, 2.24) is 15.3 Å². The fourth-order valence-electron chi connectivity index (χ4n) is 3.97. The summed E-state index contributed by atoms with van der Waals surface area (Å²) in [5.41, 5.74) is 2.60. The number of hydrogen-bond acceptors (Lipinski definition) is 4. The van der Waals surface area contributed by atoms with Crippen LogP contribution in [0.4, 0.5) is 10.2 Å². The fourth-order valence-corrected chi connectivity index (χ4v) is 4.14. The van der Waals surface area contributed by atoms with E-state index >= 15 is 0 Å². The highest BCUT2D eigenvalue weighted by atomic mass is 35.5. The fraction of sp³-hybridized carbons (Fsp3) is 0.276. The van der Waals surface area contributed by atoms with Crippen molar-refractivity contribution >= 4 is 34.2 Å². The van der Waals surface area contributed by atoms with Gasteiger partial charge in [0.25, 0.3) is 0 Å². The summed E-state index contributed by atoms with van der Waals surface area (Å²) in [6.45, 7) is 5.21. The zero-order valence-electron chi connectivity index (χ0n) is 20.5. The first-order chi connectivity index (χ1) is 17.4. The molecule has 0 aliphatic rings. The van der Waals surface area contributed by atoms with Crippen molar-refractivity contribution in [2.45, 2.75) is 39.2 Å². The summed E-state index contributed by atoms with van der Waals surface area (Å²) in [5, 5.41) is 4.46. The second kappa shape index (κ2) is 12.0. The lowest BCUT2D eigenvalue weighted by Crippen LogP contribution is -2.36. The molecule has 0 bridgehead atoms. The van der Waals surface area contributed by atoms with Crippen LogP contribution in [0.15, 0.2) is 72.8 Å². The highest BCUT2D eigenvalue weighted by molar-refractivity contribution is 6.31. The predicted molar refractivity (Wildman–Crippen MR) is 145 cm³/mol. The molecule has 1 atom stereocenters. The van der Waals surface area contributed by atoms with Crippen LogP contribution in [0.1, 0.15) is 32.3 Å². The summed E-state index contributed by atoms with van der Waals surface area (Å²) < 4.78 is 13.6. The largest absolute Gasteiger partial charge is 0.355 e. The van der Waals surface area contributed by atoms with Gasteiger partial charge in [-0.1, -0.05) is 48.9 Å². The number of carbonyl (C=O) groups is 1. The van der Waals surface area contributed by atoms with E-state index in [-0.39, 0.29) is 17.8 Å². The summed E-state index contributed by atoms with van der Waals surface area (Å²) in [7, 11) is 0. The molecule has 1 heterocycles. The number of aromatic nitrogens is 2. The van der Waals surface area contributed by atoms with Crippen LogP contribution in [0, 0.1) is 5.82 Å². The number of nitrogens with one attached hydrogen (secondary N) is 1. The molecular weight excluding hydrogens is 475 g/mol. The zero-order chi connectivity index (χ0) is 25.5. The van der Waals surface area contributed by atoms with E-state index in [9.17, 15) is 9.18 Å². The normalized spacial score (nSPS) is 11.9. The maximum atomic E-state index is 13.6. The molecule has 0 aliphatic carbocycles. The first-order valence-electron chi connectivity index (χ1n) is 12.2. The van der Waals surface area contributed by atoms with Gasteiger partial charge in [-0.3, -0.25) is 4.79 Å². The van der Waals surface area contributed by atoms with Gasteiger partial charge >= 0.3 is 0 Å². The van der Waals surface area contributed by atoms with E-state index in [0.29, 0.717) is 41.4 Å². The van der Waals surface area contributed by atoms with Crippen LogP contribution in [0.2, 0.25) is 5.02 Å². The Morgan fingerprint density at radius 3 is 2.50 bits per heavy atom. The Morgan fingerprint density at radius 1 is 1.03 bits per heavy atom. The number of hydrogen-bond donors (Lipinski definition) is 1. The Balaban J connectivity index is 1.72. The van der Waals surface area contributed by atoms with Crippen LogP contribution in [-0.4, -0.2) is 35.0 Å². The van der Waals surface area contributed by atoms with Crippen LogP contribution in [0.3, 0.4) is 0 Å². The van der Waals surface area contributed by atoms with Crippen molar-refractivity contribution in [1.29, 1.82) is 0 Å². The van der Waals surface area contributed by atoms with E-state index in [1.165, 1.54) is 17.7 Å². The minimum Gasteiger partial charge on any atom is -0.355 e. The highest BCUT2D eigenvalue weighted by Crippen LogP contribution is 2.30. The summed E-state index contributed by atoms with van der Waals surface area (Å²) in [4.78, 5) is 24.4. The summed E-state index contributed by atoms with van der Waals surface area (Å²) >= 11 is 6.30. The average molecular weight is 505 g/mol. The number of carbonyl (C=O) groups excluding carboxylic acids is 1.